The van der Waals surface area contributed by atoms with Gasteiger partial charge in [-0.1, -0.05) is 0 Å². The van der Waals surface area contributed by atoms with E-state index in [1.165, 1.54) is 11.3 Å². The van der Waals surface area contributed by atoms with Gasteiger partial charge in [0.1, 0.15) is 16.4 Å². The number of hydrogen-bond acceptors (Lipinski definition) is 4. The van der Waals surface area contributed by atoms with Gasteiger partial charge in [-0.2, -0.15) is 0 Å². The molecule has 0 aliphatic rings. The molecule has 0 fully saturated rings. The molecule has 0 unspecified atom stereocenters. The van der Waals surface area contributed by atoms with Gasteiger partial charge in [-0.25, -0.2) is 0 Å². The van der Waals surface area contributed by atoms with Gasteiger partial charge in [0.15, 0.2) is 6.29 Å². The summed E-state index contributed by atoms with van der Waals surface area (Å²) >= 11 is 1.43. The number of benzene rings is 1. The van der Waals surface area contributed by atoms with Crippen molar-refractivity contribution in [2.45, 2.75) is 6.92 Å². The Morgan fingerprint density at radius 3 is 2.88 bits per heavy atom. The number of carbonyl (C=O) groups excluding carboxylic acids is 1. The SMILES string of the molecule is CCOc1ccc2sc(C=O)c(OC)c2c1. The molecule has 1 aromatic carbocycles. The van der Waals surface area contributed by atoms with E-state index in [2.05, 4.69) is 0 Å². The summed E-state index contributed by atoms with van der Waals surface area (Å²) in [4.78, 5) is 11.5. The van der Waals surface area contributed by atoms with Crippen LogP contribution in [0.4, 0.5) is 0 Å². The Morgan fingerprint density at radius 1 is 1.44 bits per heavy atom. The van der Waals surface area contributed by atoms with Crippen LogP contribution in [0.1, 0.15) is 16.6 Å². The lowest BCUT2D eigenvalue weighted by Crippen LogP contribution is -1.90. The molecule has 1 aromatic heterocycles. The molecule has 84 valence electrons. The Hall–Kier alpha value is -1.55. The molecule has 0 radical (unpaired) electrons. The van der Waals surface area contributed by atoms with Crippen LogP contribution in [0, 0.1) is 0 Å². The fourth-order valence-corrected chi connectivity index (χ4v) is 2.59. The highest BCUT2D eigenvalue weighted by atomic mass is 32.1. The normalized spacial score (nSPS) is 10.4. The fourth-order valence-electron chi connectivity index (χ4n) is 1.62. The summed E-state index contributed by atoms with van der Waals surface area (Å²) in [6.45, 7) is 2.56. The zero-order chi connectivity index (χ0) is 11.5. The predicted molar refractivity (Wildman–Crippen MR) is 64.9 cm³/mol. The molecule has 0 saturated carbocycles. The summed E-state index contributed by atoms with van der Waals surface area (Å²) < 4.78 is 11.7. The molecule has 0 aliphatic heterocycles. The first kappa shape index (κ1) is 11.0. The summed E-state index contributed by atoms with van der Waals surface area (Å²) in [5.74, 6) is 1.43. The first-order chi connectivity index (χ1) is 7.80. The smallest absolute Gasteiger partial charge is 0.163 e. The van der Waals surface area contributed by atoms with Crippen LogP contribution in [-0.4, -0.2) is 20.0 Å². The van der Waals surface area contributed by atoms with Gasteiger partial charge in [0, 0.05) is 10.1 Å². The zero-order valence-corrected chi connectivity index (χ0v) is 9.97. The van der Waals surface area contributed by atoms with E-state index in [-0.39, 0.29) is 0 Å². The third-order valence-electron chi connectivity index (χ3n) is 2.26. The lowest BCUT2D eigenvalue weighted by Gasteiger charge is -2.03. The number of rotatable bonds is 4. The number of methoxy groups -OCH3 is 1. The molecule has 2 aromatic rings. The molecule has 1 heterocycles. The minimum Gasteiger partial charge on any atom is -0.494 e. The standard InChI is InChI=1S/C12H12O3S/c1-3-15-8-4-5-10-9(6-8)12(14-2)11(7-13)16-10/h4-7H,3H2,1-2H3. The van der Waals surface area contributed by atoms with Crippen LogP contribution in [0.5, 0.6) is 11.5 Å². The summed E-state index contributed by atoms with van der Waals surface area (Å²) in [5.41, 5.74) is 0. The molecular weight excluding hydrogens is 224 g/mol. The Balaban J connectivity index is 2.60. The lowest BCUT2D eigenvalue weighted by molar-refractivity contribution is 0.112. The van der Waals surface area contributed by atoms with Gasteiger partial charge in [-0.15, -0.1) is 11.3 Å². The van der Waals surface area contributed by atoms with Gasteiger partial charge in [-0.3, -0.25) is 4.79 Å². The van der Waals surface area contributed by atoms with Crippen molar-refractivity contribution < 1.29 is 14.3 Å². The number of ether oxygens (including phenoxy) is 2. The first-order valence-corrected chi connectivity index (χ1v) is 5.80. The molecule has 0 bridgehead atoms. The number of hydrogen-bond donors (Lipinski definition) is 0. The van der Waals surface area contributed by atoms with Crippen molar-refractivity contribution in [3.05, 3.63) is 23.1 Å². The maximum absolute atomic E-state index is 10.9. The van der Waals surface area contributed by atoms with Crippen LogP contribution in [0.15, 0.2) is 18.2 Å². The van der Waals surface area contributed by atoms with Crippen LogP contribution in [0.2, 0.25) is 0 Å². The molecule has 0 saturated heterocycles. The molecular formula is C12H12O3S. The quantitative estimate of drug-likeness (QED) is 0.765. The molecule has 0 N–H and O–H groups in total. The highest BCUT2D eigenvalue weighted by molar-refractivity contribution is 7.21. The number of aldehydes is 1. The summed E-state index contributed by atoms with van der Waals surface area (Å²) in [6.07, 6.45) is 0.823. The average Bonchev–Trinajstić information content (AvgIpc) is 2.66. The Kier molecular flexibility index (Phi) is 3.10. The van der Waals surface area contributed by atoms with Crippen molar-refractivity contribution in [1.29, 1.82) is 0 Å². The van der Waals surface area contributed by atoms with Gasteiger partial charge in [-0.05, 0) is 25.1 Å². The van der Waals surface area contributed by atoms with E-state index >= 15 is 0 Å². The predicted octanol–water partition coefficient (Wildman–Crippen LogP) is 3.12. The Bertz CT molecular complexity index is 516. The molecule has 0 atom stereocenters. The molecule has 3 nitrogen and oxygen atoms in total. The van der Waals surface area contributed by atoms with E-state index in [0.29, 0.717) is 17.2 Å². The van der Waals surface area contributed by atoms with Crippen molar-refractivity contribution in [2.75, 3.05) is 13.7 Å². The van der Waals surface area contributed by atoms with Crippen molar-refractivity contribution in [3.8, 4) is 11.5 Å². The van der Waals surface area contributed by atoms with Gasteiger partial charge in [0.25, 0.3) is 0 Å². The van der Waals surface area contributed by atoms with E-state index in [0.717, 1.165) is 22.1 Å². The van der Waals surface area contributed by atoms with E-state index in [1.54, 1.807) is 7.11 Å². The van der Waals surface area contributed by atoms with Crippen molar-refractivity contribution in [1.82, 2.24) is 0 Å². The molecule has 2 rings (SSSR count). The van der Waals surface area contributed by atoms with Crippen molar-refractivity contribution >= 4 is 27.7 Å². The minimum absolute atomic E-state index is 0.617. The highest BCUT2D eigenvalue weighted by Gasteiger charge is 2.12. The molecule has 0 spiro atoms. The number of fused-ring (bicyclic) bond motifs is 1. The van der Waals surface area contributed by atoms with E-state index in [9.17, 15) is 4.79 Å². The van der Waals surface area contributed by atoms with Crippen LogP contribution in [-0.2, 0) is 0 Å². The number of carbonyl (C=O) groups is 1. The lowest BCUT2D eigenvalue weighted by atomic mass is 10.2. The van der Waals surface area contributed by atoms with E-state index < -0.39 is 0 Å². The Labute approximate surface area is 97.6 Å². The molecule has 0 aliphatic carbocycles. The third kappa shape index (κ3) is 1.76. The highest BCUT2D eigenvalue weighted by Crippen LogP contribution is 2.38. The van der Waals surface area contributed by atoms with Crippen molar-refractivity contribution in [2.24, 2.45) is 0 Å². The second-order valence-electron chi connectivity index (χ2n) is 3.21. The Morgan fingerprint density at radius 2 is 2.25 bits per heavy atom. The van der Waals surface area contributed by atoms with Gasteiger partial charge < -0.3 is 9.47 Å². The summed E-state index contributed by atoms with van der Waals surface area (Å²) in [5, 5.41) is 0.931. The van der Waals surface area contributed by atoms with Crippen LogP contribution in [0.3, 0.4) is 0 Å². The first-order valence-electron chi connectivity index (χ1n) is 4.98. The second kappa shape index (κ2) is 4.53. The summed E-state index contributed by atoms with van der Waals surface area (Å²) in [7, 11) is 1.57. The molecule has 0 amide bonds. The van der Waals surface area contributed by atoms with Crippen LogP contribution < -0.4 is 9.47 Å². The van der Waals surface area contributed by atoms with Crippen molar-refractivity contribution in [3.63, 3.8) is 0 Å². The fraction of sp³-hybridized carbons (Fsp3) is 0.250. The summed E-state index contributed by atoms with van der Waals surface area (Å²) in [6, 6.07) is 5.75. The second-order valence-corrected chi connectivity index (χ2v) is 4.29. The monoisotopic (exact) mass is 236 g/mol. The molecule has 16 heavy (non-hydrogen) atoms. The van der Waals surface area contributed by atoms with E-state index in [4.69, 9.17) is 9.47 Å². The van der Waals surface area contributed by atoms with Gasteiger partial charge in [0.05, 0.1) is 13.7 Å². The average molecular weight is 236 g/mol. The van der Waals surface area contributed by atoms with Gasteiger partial charge in [0.2, 0.25) is 0 Å². The zero-order valence-electron chi connectivity index (χ0n) is 9.15. The largest absolute Gasteiger partial charge is 0.494 e. The van der Waals surface area contributed by atoms with Gasteiger partial charge >= 0.3 is 0 Å². The maximum atomic E-state index is 10.9. The minimum atomic E-state index is 0.617. The van der Waals surface area contributed by atoms with E-state index in [1.807, 2.05) is 25.1 Å². The molecule has 4 heteroatoms. The van der Waals surface area contributed by atoms with Crippen LogP contribution in [0.25, 0.3) is 10.1 Å². The number of thiophene rings is 1. The topological polar surface area (TPSA) is 35.5 Å². The van der Waals surface area contributed by atoms with Crippen LogP contribution >= 0.6 is 11.3 Å². The maximum Gasteiger partial charge on any atom is 0.163 e. The third-order valence-corrected chi connectivity index (χ3v) is 3.34.